The third kappa shape index (κ3) is 6.49. The topological polar surface area (TPSA) is 99.0 Å². The first kappa shape index (κ1) is 26.2. The molecule has 178 valence electrons. The van der Waals surface area contributed by atoms with E-state index in [2.05, 4.69) is 10.2 Å². The summed E-state index contributed by atoms with van der Waals surface area (Å²) in [4.78, 5) is 25.2. The monoisotopic (exact) mass is 497 g/mol. The molecule has 0 bridgehead atoms. The van der Waals surface area contributed by atoms with Gasteiger partial charge in [0.2, 0.25) is 6.04 Å². The van der Waals surface area contributed by atoms with Crippen molar-refractivity contribution in [2.75, 3.05) is 31.9 Å². The molecule has 0 N–H and O–H groups in total. The van der Waals surface area contributed by atoms with E-state index in [4.69, 9.17) is 42.3 Å². The number of methoxy groups -OCH3 is 2. The third-order valence-electron chi connectivity index (χ3n) is 4.28. The van der Waals surface area contributed by atoms with Crippen LogP contribution in [0.4, 0.5) is 11.4 Å². The van der Waals surface area contributed by atoms with Crippen LogP contribution in [0.25, 0.3) is 0 Å². The van der Waals surface area contributed by atoms with E-state index in [1.165, 1.54) is 33.3 Å². The van der Waals surface area contributed by atoms with Gasteiger partial charge in [-0.15, -0.1) is 0 Å². The van der Waals surface area contributed by atoms with Gasteiger partial charge in [0.15, 0.2) is 17.3 Å². The third-order valence-corrected chi connectivity index (χ3v) is 4.91. The number of halogens is 2. The van der Waals surface area contributed by atoms with Gasteiger partial charge >= 0.3 is 0 Å². The van der Waals surface area contributed by atoms with Crippen molar-refractivity contribution in [1.82, 2.24) is 0 Å². The Bertz CT molecular complexity index is 1030. The molecule has 0 saturated carbocycles. The van der Waals surface area contributed by atoms with Gasteiger partial charge in [0.25, 0.3) is 5.91 Å². The molecule has 0 spiro atoms. The van der Waals surface area contributed by atoms with Crippen LogP contribution in [0.3, 0.4) is 0 Å². The van der Waals surface area contributed by atoms with Crippen LogP contribution >= 0.6 is 23.4 Å². The van der Waals surface area contributed by atoms with Gasteiger partial charge in [-0.3, -0.25) is 9.59 Å². The molecule has 0 aliphatic heterocycles. The maximum absolute atomic E-state index is 13.0. The smallest absolute Gasteiger partial charge is 0.276 e. The fourth-order valence-electron chi connectivity index (χ4n) is 2.76. The number of carbonyl (C=O) groups is 2. The van der Waals surface area contributed by atoms with E-state index in [-0.39, 0.29) is 16.4 Å². The summed E-state index contributed by atoms with van der Waals surface area (Å²) in [7, 11) is 2.89. The zero-order valence-corrected chi connectivity index (χ0v) is 20.4. The van der Waals surface area contributed by atoms with Gasteiger partial charge in [0.05, 0.1) is 38.1 Å². The highest BCUT2D eigenvalue weighted by Gasteiger charge is 2.30. The molecule has 1 amide bonds. The zero-order chi connectivity index (χ0) is 24.5. The molecule has 2 aromatic rings. The summed E-state index contributed by atoms with van der Waals surface area (Å²) < 4.78 is 22.2. The predicted octanol–water partition coefficient (Wildman–Crippen LogP) is 5.38. The number of azo groups is 1. The van der Waals surface area contributed by atoms with E-state index in [0.717, 1.165) is 4.42 Å². The second-order valence-electron chi connectivity index (χ2n) is 6.51. The highest BCUT2D eigenvalue weighted by Crippen LogP contribution is 2.40. The van der Waals surface area contributed by atoms with Gasteiger partial charge in [-0.25, -0.2) is 4.42 Å². The Hall–Kier alpha value is -3.04. The van der Waals surface area contributed by atoms with Crippen molar-refractivity contribution >= 4 is 46.4 Å². The molecule has 1 atom stereocenters. The number of hydrogen-bond donors (Lipinski definition) is 0. The molecule has 2 rings (SSSR count). The maximum atomic E-state index is 13.0. The minimum Gasteiger partial charge on any atom is -0.497 e. The summed E-state index contributed by atoms with van der Waals surface area (Å²) in [5.74, 6) is 0.110. The summed E-state index contributed by atoms with van der Waals surface area (Å²) >= 11 is 12.6. The van der Waals surface area contributed by atoms with Gasteiger partial charge in [-0.2, -0.15) is 10.2 Å². The Kier molecular flexibility index (Phi) is 9.74. The Balaban J connectivity index is 2.38. The second kappa shape index (κ2) is 12.3. The first-order valence-electron chi connectivity index (χ1n) is 9.99. The lowest BCUT2D eigenvalue weighted by atomic mass is 10.2. The number of rotatable bonds is 11. The molecule has 33 heavy (non-hydrogen) atoms. The number of ketones is 1. The number of carbonyl (C=O) groups excluding carboxylic acids is 2. The molecule has 9 nitrogen and oxygen atoms in total. The summed E-state index contributed by atoms with van der Waals surface area (Å²) in [5.41, 5.74) is 0.457. The quantitative estimate of drug-likeness (QED) is 0.234. The maximum Gasteiger partial charge on any atom is 0.276 e. The van der Waals surface area contributed by atoms with E-state index >= 15 is 0 Å². The second-order valence-corrected chi connectivity index (χ2v) is 7.25. The highest BCUT2D eigenvalue weighted by atomic mass is 35.5. The summed E-state index contributed by atoms with van der Waals surface area (Å²) in [5, 5.41) is 8.21. The molecule has 0 heterocycles. The summed E-state index contributed by atoms with van der Waals surface area (Å²) in [6.07, 6.45) is 0. The number of amides is 1. The van der Waals surface area contributed by atoms with Crippen LogP contribution in [-0.2, 0) is 9.59 Å². The minimum absolute atomic E-state index is 0.188. The lowest BCUT2D eigenvalue weighted by Crippen LogP contribution is -2.36. The fraction of sp³-hybridized carbons (Fsp3) is 0.364. The van der Waals surface area contributed by atoms with Crippen LogP contribution in [0.5, 0.6) is 23.0 Å². The van der Waals surface area contributed by atoms with Gasteiger partial charge < -0.3 is 18.9 Å². The Labute approximate surface area is 202 Å². The first-order valence-corrected chi connectivity index (χ1v) is 10.7. The number of anilines is 1. The summed E-state index contributed by atoms with van der Waals surface area (Å²) in [6.45, 7) is 5.60. The largest absolute Gasteiger partial charge is 0.497 e. The molecule has 1 unspecified atom stereocenters. The van der Waals surface area contributed by atoms with Crippen molar-refractivity contribution < 1.29 is 28.5 Å². The van der Waals surface area contributed by atoms with E-state index in [9.17, 15) is 9.59 Å². The van der Waals surface area contributed by atoms with E-state index in [0.29, 0.717) is 36.2 Å². The average Bonchev–Trinajstić information content (AvgIpc) is 2.80. The van der Waals surface area contributed by atoms with Crippen LogP contribution < -0.4 is 23.4 Å². The van der Waals surface area contributed by atoms with Crippen molar-refractivity contribution in [1.29, 1.82) is 0 Å². The predicted molar refractivity (Wildman–Crippen MR) is 126 cm³/mol. The molecular formula is C22H25Cl2N3O6. The van der Waals surface area contributed by atoms with Crippen LogP contribution in [-0.4, -0.2) is 45.2 Å². The zero-order valence-electron chi connectivity index (χ0n) is 18.9. The van der Waals surface area contributed by atoms with Crippen molar-refractivity contribution in [2.45, 2.75) is 26.8 Å². The van der Waals surface area contributed by atoms with Gasteiger partial charge in [-0.05, 0) is 39.0 Å². The number of benzene rings is 2. The van der Waals surface area contributed by atoms with Gasteiger partial charge in [-0.1, -0.05) is 11.6 Å². The molecule has 0 radical (unpaired) electrons. The van der Waals surface area contributed by atoms with Crippen molar-refractivity contribution in [2.24, 2.45) is 10.2 Å². The molecule has 0 fully saturated rings. The number of Topliss-reactive ketones (excluding diaryl/α,β-unsaturated/α-hetero) is 1. The van der Waals surface area contributed by atoms with Gasteiger partial charge in [0, 0.05) is 23.9 Å². The lowest BCUT2D eigenvalue weighted by Gasteiger charge is -2.19. The number of nitrogens with zero attached hydrogens (tertiary/aromatic N) is 3. The van der Waals surface area contributed by atoms with Crippen LogP contribution in [0.2, 0.25) is 5.02 Å². The molecule has 0 aromatic heterocycles. The SMILES string of the molecule is CCOc1cc(N=NC(C(C)=O)C(=O)N(Cl)c2cc(OC)ccc2OC)cc(Cl)c1OCC. The lowest BCUT2D eigenvalue weighted by molar-refractivity contribution is -0.126. The first-order chi connectivity index (χ1) is 15.8. The Morgan fingerprint density at radius 3 is 2.30 bits per heavy atom. The van der Waals surface area contributed by atoms with E-state index in [1.807, 2.05) is 13.8 Å². The average molecular weight is 498 g/mol. The van der Waals surface area contributed by atoms with E-state index in [1.54, 1.807) is 18.2 Å². The fourth-order valence-corrected chi connectivity index (χ4v) is 3.25. The van der Waals surface area contributed by atoms with Crippen LogP contribution in [0.15, 0.2) is 40.6 Å². The molecular weight excluding hydrogens is 473 g/mol. The van der Waals surface area contributed by atoms with Crippen LogP contribution in [0, 0.1) is 0 Å². The normalized spacial score (nSPS) is 11.7. The van der Waals surface area contributed by atoms with Crippen LogP contribution in [0.1, 0.15) is 20.8 Å². The highest BCUT2D eigenvalue weighted by molar-refractivity contribution is 6.39. The van der Waals surface area contributed by atoms with Crippen molar-refractivity contribution in [3.63, 3.8) is 0 Å². The minimum atomic E-state index is -1.50. The molecule has 0 aliphatic carbocycles. The van der Waals surface area contributed by atoms with Gasteiger partial charge in [0.1, 0.15) is 17.2 Å². The molecule has 2 aromatic carbocycles. The van der Waals surface area contributed by atoms with Crippen molar-refractivity contribution in [3.8, 4) is 23.0 Å². The van der Waals surface area contributed by atoms with Crippen molar-refractivity contribution in [3.05, 3.63) is 35.4 Å². The number of ether oxygens (including phenoxy) is 4. The Morgan fingerprint density at radius 1 is 1.03 bits per heavy atom. The standard InChI is InChI=1S/C22H25Cl2N3O6/c1-6-32-19-11-14(10-16(23)21(19)33-7-2)25-26-20(13(3)28)22(29)27(24)17-12-15(30-4)8-9-18(17)31-5/h8-12,20H,6-7H2,1-5H3. The number of hydrogen-bond acceptors (Lipinski definition) is 8. The molecule has 0 saturated heterocycles. The molecule has 11 heteroatoms. The van der Waals surface area contributed by atoms with E-state index < -0.39 is 17.7 Å². The summed E-state index contributed by atoms with van der Waals surface area (Å²) in [6, 6.07) is 6.26. The molecule has 0 aliphatic rings. The Morgan fingerprint density at radius 2 is 1.73 bits per heavy atom.